The number of hydrogen-bond acceptors (Lipinski definition) is 3. The molecule has 8 heteroatoms. The van der Waals surface area contributed by atoms with Gasteiger partial charge >= 0.3 is 0 Å². The molecule has 13 aromatic rings. The third kappa shape index (κ3) is 4.55. The topological polar surface area (TPSA) is 36.5 Å². The van der Waals surface area contributed by atoms with Crippen LogP contribution in [0.4, 0.5) is 11.4 Å². The number of hydrogen-bond donors (Lipinski definition) is 0. The van der Waals surface area contributed by atoms with Crippen LogP contribution in [0.15, 0.2) is 212 Å². The molecule has 1 unspecified atom stereocenters. The van der Waals surface area contributed by atoms with Gasteiger partial charge in [0.1, 0.15) is 23.0 Å². The third-order valence-corrected chi connectivity index (χ3v) is 17.6. The molecule has 19 rings (SSSR count). The molecule has 8 heterocycles. The van der Waals surface area contributed by atoms with E-state index in [1.165, 1.54) is 126 Å². The van der Waals surface area contributed by atoms with Gasteiger partial charge < -0.3 is 28.1 Å². The summed E-state index contributed by atoms with van der Waals surface area (Å²) in [7, 11) is 0. The Bertz CT molecular complexity index is 4830. The fraction of sp³-hybridized carbons (Fsp3) is 0.0303. The standard InChI is InChI=1S/C66H38B2N4O2/c1-5-21-51-39(13-1)40-14-2-6-22-52(40)69(51)37-29-31-47-61(33-37)73-59-27-11-25-55-63(59)67(47)49-19-9-17-43-45-35-46-44-18-10-20-50-66(44)72(58(46)36-57(45)71(55)65(43)49)56-26-12-28-60-64(56)68(50)48-32-30-38(34-62(48)74-60)70-53-23-7-3-15-41(53)42-16-4-8-24-54(42)70/h1-23,25-36,54H,24H2. The molecule has 0 spiro atoms. The lowest BCUT2D eigenvalue weighted by molar-refractivity contribution is 0.487. The number of para-hydroxylation sites is 5. The molecule has 74 heavy (non-hydrogen) atoms. The molecule has 1 aliphatic carbocycles. The van der Waals surface area contributed by atoms with Crippen LogP contribution < -0.4 is 47.2 Å². The second kappa shape index (κ2) is 13.4. The fourth-order valence-corrected chi connectivity index (χ4v) is 14.8. The Hall–Kier alpha value is -9.39. The predicted octanol–water partition coefficient (Wildman–Crippen LogP) is 11.7. The number of rotatable bonds is 2. The largest absolute Gasteiger partial charge is 0.458 e. The molecular formula is C66H38B2N4O2. The molecule has 0 saturated heterocycles. The minimum absolute atomic E-state index is 0.00602. The highest BCUT2D eigenvalue weighted by molar-refractivity contribution is 7.00. The third-order valence-electron chi connectivity index (χ3n) is 17.6. The monoisotopic (exact) mass is 940 g/mol. The van der Waals surface area contributed by atoms with E-state index in [-0.39, 0.29) is 19.5 Å². The summed E-state index contributed by atoms with van der Waals surface area (Å²) in [6, 6.07) is 72.5. The van der Waals surface area contributed by atoms with Crippen LogP contribution >= 0.6 is 0 Å². The number of nitrogens with zero attached hydrogens (tertiary/aromatic N) is 4. The van der Waals surface area contributed by atoms with E-state index in [4.69, 9.17) is 9.47 Å². The zero-order valence-corrected chi connectivity index (χ0v) is 39.8. The molecule has 0 radical (unpaired) electrons. The van der Waals surface area contributed by atoms with Gasteiger partial charge in [-0.05, 0) is 112 Å². The van der Waals surface area contributed by atoms with Crippen molar-refractivity contribution in [2.45, 2.75) is 12.5 Å². The van der Waals surface area contributed by atoms with Crippen molar-refractivity contribution in [3.8, 4) is 40.1 Å². The average molecular weight is 941 g/mol. The van der Waals surface area contributed by atoms with Crippen LogP contribution in [-0.2, 0) is 0 Å². The summed E-state index contributed by atoms with van der Waals surface area (Å²) in [5.41, 5.74) is 23.3. The van der Waals surface area contributed by atoms with Crippen LogP contribution in [-0.4, -0.2) is 33.2 Å². The molecule has 5 aliphatic heterocycles. The van der Waals surface area contributed by atoms with E-state index in [1.807, 2.05) is 0 Å². The van der Waals surface area contributed by atoms with Crippen LogP contribution in [0.1, 0.15) is 12.0 Å². The maximum Gasteiger partial charge on any atom is 0.256 e. The van der Waals surface area contributed by atoms with E-state index in [1.54, 1.807) is 0 Å². The Balaban J connectivity index is 0.794. The van der Waals surface area contributed by atoms with E-state index in [0.717, 1.165) is 40.8 Å². The summed E-state index contributed by atoms with van der Waals surface area (Å²) in [5.74, 6) is 3.66. The predicted molar refractivity (Wildman–Crippen MR) is 306 cm³/mol. The van der Waals surface area contributed by atoms with E-state index in [9.17, 15) is 0 Å². The number of anilines is 2. The van der Waals surface area contributed by atoms with Crippen molar-refractivity contribution in [3.05, 3.63) is 218 Å². The average Bonchev–Trinajstić information content (AvgIpc) is 4.25. The van der Waals surface area contributed by atoms with Gasteiger partial charge in [-0.15, -0.1) is 0 Å². The molecule has 10 aromatic carbocycles. The first-order chi connectivity index (χ1) is 36.7. The van der Waals surface area contributed by atoms with E-state index in [0.29, 0.717) is 0 Å². The molecule has 6 nitrogen and oxygen atoms in total. The summed E-state index contributed by atoms with van der Waals surface area (Å²) >= 11 is 0. The van der Waals surface area contributed by atoms with Crippen molar-refractivity contribution in [1.29, 1.82) is 0 Å². The van der Waals surface area contributed by atoms with Crippen molar-refractivity contribution in [2.24, 2.45) is 0 Å². The summed E-state index contributed by atoms with van der Waals surface area (Å²) in [6.45, 7) is 0.0240. The van der Waals surface area contributed by atoms with Crippen molar-refractivity contribution in [1.82, 2.24) is 13.7 Å². The fourth-order valence-electron chi connectivity index (χ4n) is 14.8. The maximum atomic E-state index is 7.09. The summed E-state index contributed by atoms with van der Waals surface area (Å²) in [6.07, 6.45) is 7.76. The Morgan fingerprint density at radius 1 is 0.392 bits per heavy atom. The minimum atomic E-state index is 0.00602. The first-order valence-electron chi connectivity index (χ1n) is 25.9. The first kappa shape index (κ1) is 38.3. The first-order valence-corrected chi connectivity index (χ1v) is 25.9. The van der Waals surface area contributed by atoms with Crippen LogP contribution in [0.5, 0.6) is 23.0 Å². The van der Waals surface area contributed by atoms with Gasteiger partial charge in [0, 0.05) is 89.5 Å². The van der Waals surface area contributed by atoms with Crippen LogP contribution in [0, 0.1) is 0 Å². The van der Waals surface area contributed by atoms with Gasteiger partial charge in [0.25, 0.3) is 13.4 Å². The van der Waals surface area contributed by atoms with Crippen LogP contribution in [0.2, 0.25) is 0 Å². The number of allylic oxidation sites excluding steroid dienone is 2. The van der Waals surface area contributed by atoms with Crippen molar-refractivity contribution in [2.75, 3.05) is 4.90 Å². The summed E-state index contributed by atoms with van der Waals surface area (Å²) < 4.78 is 21.6. The Morgan fingerprint density at radius 2 is 0.932 bits per heavy atom. The molecule has 3 aromatic heterocycles. The van der Waals surface area contributed by atoms with Gasteiger partial charge in [-0.1, -0.05) is 133 Å². The van der Waals surface area contributed by atoms with Gasteiger partial charge in [-0.2, -0.15) is 0 Å². The van der Waals surface area contributed by atoms with E-state index >= 15 is 0 Å². The van der Waals surface area contributed by atoms with Gasteiger partial charge in [0.05, 0.1) is 28.1 Å². The number of ether oxygens (including phenoxy) is 2. The van der Waals surface area contributed by atoms with Gasteiger partial charge in [-0.3, -0.25) is 0 Å². The smallest absolute Gasteiger partial charge is 0.256 e. The molecule has 1 atom stereocenters. The van der Waals surface area contributed by atoms with E-state index in [2.05, 4.69) is 231 Å². The molecule has 0 fully saturated rings. The lowest BCUT2D eigenvalue weighted by Gasteiger charge is -2.34. The van der Waals surface area contributed by atoms with Gasteiger partial charge in [0.15, 0.2) is 0 Å². The Labute approximate surface area is 425 Å². The van der Waals surface area contributed by atoms with Crippen LogP contribution in [0.3, 0.4) is 0 Å². The molecule has 340 valence electrons. The van der Waals surface area contributed by atoms with Crippen LogP contribution in [0.25, 0.3) is 88.1 Å². The quantitative estimate of drug-likeness (QED) is 0.162. The van der Waals surface area contributed by atoms with Crippen molar-refractivity contribution < 1.29 is 9.47 Å². The maximum absolute atomic E-state index is 7.09. The Kier molecular flexibility index (Phi) is 6.92. The molecular weight excluding hydrogens is 902 g/mol. The second-order valence-electron chi connectivity index (χ2n) is 21.0. The SMILES string of the molecule is C1=CCC2C(=C1)c1ccccc1N2c1ccc2c(c1)Oc1cccc3c1B2c1cccc2c4cc5c6cccc7c6n(c5cc4n-3c12)-c1cccc2c1B7c1ccc(-n3c4ccccc4c4ccccc43)cc1O2. The van der Waals surface area contributed by atoms with Gasteiger partial charge in [0.2, 0.25) is 0 Å². The van der Waals surface area contributed by atoms with E-state index < -0.39 is 0 Å². The highest BCUT2D eigenvalue weighted by Gasteiger charge is 2.44. The van der Waals surface area contributed by atoms with Crippen molar-refractivity contribution >= 4 is 129 Å². The number of aromatic nitrogens is 3. The zero-order chi connectivity index (χ0) is 47.7. The molecule has 0 saturated carbocycles. The van der Waals surface area contributed by atoms with Crippen molar-refractivity contribution in [3.63, 3.8) is 0 Å². The molecule has 0 bridgehead atoms. The van der Waals surface area contributed by atoms with Gasteiger partial charge in [-0.25, -0.2) is 0 Å². The summed E-state index contributed by atoms with van der Waals surface area (Å²) in [4.78, 5) is 2.52. The molecule has 0 N–H and O–H groups in total. The highest BCUT2D eigenvalue weighted by atomic mass is 16.5. The normalized spacial score (nSPS) is 15.8. The second-order valence-corrected chi connectivity index (χ2v) is 21.0. The minimum Gasteiger partial charge on any atom is -0.458 e. The number of fused-ring (bicyclic) bond motifs is 20. The molecule has 0 amide bonds. The number of benzene rings is 10. The molecule has 6 aliphatic rings. The zero-order valence-electron chi connectivity index (χ0n) is 39.8. The Morgan fingerprint density at radius 3 is 1.58 bits per heavy atom. The summed E-state index contributed by atoms with van der Waals surface area (Å²) in [5, 5.41) is 7.54. The lowest BCUT2D eigenvalue weighted by atomic mass is 9.34. The lowest BCUT2D eigenvalue weighted by Crippen LogP contribution is -2.58. The highest BCUT2D eigenvalue weighted by Crippen LogP contribution is 2.49.